The van der Waals surface area contributed by atoms with Gasteiger partial charge >= 0.3 is 5.97 Å². The molecule has 0 unspecified atom stereocenters. The molecule has 1 heterocycles. The van der Waals surface area contributed by atoms with Crippen LogP contribution < -0.4 is 5.32 Å². The van der Waals surface area contributed by atoms with Gasteiger partial charge in [0.1, 0.15) is 6.04 Å². The first-order valence-electron chi connectivity index (χ1n) is 13.8. The number of carbonyl (C=O) groups is 4. The molecule has 3 amide bonds. The number of benzene rings is 3. The zero-order valence-electron chi connectivity index (χ0n) is 22.8. The number of hydrogen-bond acceptors (Lipinski definition) is 5. The van der Waals surface area contributed by atoms with Crippen molar-refractivity contribution in [1.29, 1.82) is 0 Å². The highest BCUT2D eigenvalue weighted by molar-refractivity contribution is 6.10. The van der Waals surface area contributed by atoms with Crippen molar-refractivity contribution in [3.05, 3.63) is 101 Å². The summed E-state index contributed by atoms with van der Waals surface area (Å²) in [5, 5.41) is 2.72. The van der Waals surface area contributed by atoms with Gasteiger partial charge in [-0.1, -0.05) is 74.5 Å². The minimum atomic E-state index is -1.09. The first kappa shape index (κ1) is 26.0. The third-order valence-corrected chi connectivity index (χ3v) is 8.41. The number of nitrogens with one attached hydrogen (secondary N) is 1. The molecule has 3 aromatic carbocycles. The highest BCUT2D eigenvalue weighted by Crippen LogP contribution is 2.61. The minimum absolute atomic E-state index is 0.00742. The minimum Gasteiger partial charge on any atom is -0.454 e. The Bertz CT molecular complexity index is 1410. The van der Waals surface area contributed by atoms with Crippen molar-refractivity contribution in [2.24, 2.45) is 17.8 Å². The molecule has 4 aliphatic rings. The number of esters is 1. The summed E-state index contributed by atoms with van der Waals surface area (Å²) >= 11 is 0. The average molecular weight is 537 g/mol. The van der Waals surface area contributed by atoms with Crippen LogP contribution in [-0.2, 0) is 23.9 Å². The molecule has 7 rings (SSSR count). The lowest BCUT2D eigenvalue weighted by molar-refractivity contribution is -0.160. The Hall–Kier alpha value is -4.26. The van der Waals surface area contributed by atoms with Crippen molar-refractivity contribution in [1.82, 2.24) is 4.90 Å². The highest BCUT2D eigenvalue weighted by Gasteiger charge is 2.63. The summed E-state index contributed by atoms with van der Waals surface area (Å²) < 4.78 is 5.43. The molecule has 1 N–H and O–H groups in total. The van der Waals surface area contributed by atoms with E-state index in [1.165, 1.54) is 0 Å². The Kier molecular flexibility index (Phi) is 6.53. The van der Waals surface area contributed by atoms with Crippen LogP contribution in [0.4, 0.5) is 5.69 Å². The number of amides is 3. The maximum atomic E-state index is 14.1. The molecule has 0 aromatic heterocycles. The van der Waals surface area contributed by atoms with Gasteiger partial charge in [-0.05, 0) is 59.2 Å². The van der Waals surface area contributed by atoms with E-state index in [4.69, 9.17) is 4.74 Å². The number of rotatable bonds is 7. The van der Waals surface area contributed by atoms with Gasteiger partial charge in [0.25, 0.3) is 5.91 Å². The summed E-state index contributed by atoms with van der Waals surface area (Å²) in [5.74, 6) is -3.53. The van der Waals surface area contributed by atoms with Crippen molar-refractivity contribution in [3.8, 4) is 0 Å². The van der Waals surface area contributed by atoms with Crippen molar-refractivity contribution in [2.75, 3.05) is 11.9 Å². The van der Waals surface area contributed by atoms with Gasteiger partial charge in [0.05, 0.1) is 11.8 Å². The molecule has 204 valence electrons. The van der Waals surface area contributed by atoms with E-state index in [1.807, 2.05) is 87.5 Å². The summed E-state index contributed by atoms with van der Waals surface area (Å²) in [4.78, 5) is 55.4. The van der Waals surface area contributed by atoms with Crippen LogP contribution in [0.25, 0.3) is 0 Å². The number of ether oxygens (including phenoxy) is 1. The topological polar surface area (TPSA) is 92.8 Å². The van der Waals surface area contributed by atoms with E-state index in [9.17, 15) is 19.2 Å². The van der Waals surface area contributed by atoms with Crippen LogP contribution in [0, 0.1) is 24.7 Å². The average Bonchev–Trinajstić information content (AvgIpc) is 3.20. The second kappa shape index (κ2) is 10.0. The molecule has 3 aromatic rings. The van der Waals surface area contributed by atoms with E-state index in [2.05, 4.69) is 5.32 Å². The predicted molar refractivity (Wildman–Crippen MR) is 149 cm³/mol. The predicted octanol–water partition coefficient (Wildman–Crippen LogP) is 4.78. The molecule has 0 saturated carbocycles. The molecule has 40 heavy (non-hydrogen) atoms. The van der Waals surface area contributed by atoms with Gasteiger partial charge in [0.15, 0.2) is 6.61 Å². The van der Waals surface area contributed by atoms with Crippen molar-refractivity contribution < 1.29 is 23.9 Å². The van der Waals surface area contributed by atoms with Crippen molar-refractivity contribution in [3.63, 3.8) is 0 Å². The lowest BCUT2D eigenvalue weighted by atomic mass is 9.55. The number of imide groups is 1. The molecule has 0 spiro atoms. The van der Waals surface area contributed by atoms with E-state index >= 15 is 0 Å². The molecule has 3 atom stereocenters. The fourth-order valence-electron chi connectivity index (χ4n) is 6.91. The summed E-state index contributed by atoms with van der Waals surface area (Å²) in [5.41, 5.74) is 5.89. The van der Waals surface area contributed by atoms with E-state index in [0.29, 0.717) is 5.69 Å². The van der Waals surface area contributed by atoms with Crippen LogP contribution in [0.15, 0.2) is 72.8 Å². The van der Waals surface area contributed by atoms with E-state index < -0.39 is 36.4 Å². The molecule has 7 heteroatoms. The summed E-state index contributed by atoms with van der Waals surface area (Å²) in [6, 6.07) is 22.3. The summed E-state index contributed by atoms with van der Waals surface area (Å²) in [6.45, 7) is 5.26. The fraction of sp³-hybridized carbons (Fsp3) is 0.333. The van der Waals surface area contributed by atoms with Gasteiger partial charge in [0, 0.05) is 17.5 Å². The van der Waals surface area contributed by atoms with Crippen LogP contribution in [0.5, 0.6) is 0 Å². The van der Waals surface area contributed by atoms with Crippen molar-refractivity contribution >= 4 is 29.4 Å². The summed E-state index contributed by atoms with van der Waals surface area (Å²) in [6.07, 6.45) is 0.254. The van der Waals surface area contributed by atoms with Gasteiger partial charge in [-0.15, -0.1) is 0 Å². The highest BCUT2D eigenvalue weighted by atomic mass is 16.5. The molecular formula is C33H32N2O5. The molecule has 7 nitrogen and oxygen atoms in total. The Morgan fingerprint density at radius 1 is 0.825 bits per heavy atom. The van der Waals surface area contributed by atoms with Gasteiger partial charge in [-0.2, -0.15) is 0 Å². The number of carbonyl (C=O) groups excluding carboxylic acids is 4. The molecule has 1 saturated heterocycles. The van der Waals surface area contributed by atoms with Crippen LogP contribution >= 0.6 is 0 Å². The van der Waals surface area contributed by atoms with E-state index in [1.54, 1.807) is 6.07 Å². The number of likely N-dealkylation sites (tertiary alicyclic amines) is 1. The lowest BCUT2D eigenvalue weighted by Gasteiger charge is -2.45. The number of aryl methyl sites for hydroxylation is 1. The first-order valence-corrected chi connectivity index (χ1v) is 13.8. The van der Waals surface area contributed by atoms with Crippen LogP contribution in [0.1, 0.15) is 59.9 Å². The van der Waals surface area contributed by atoms with Crippen LogP contribution in [-0.4, -0.2) is 41.2 Å². The standard InChI is InChI=1S/C33H32N2O5/c1-18(2)15-25(33(39)40-17-26(36)34-20-10-8-9-19(3)16-20)35-31(37)29-27-21-11-4-5-12-22(21)28(30(29)32(35)38)24-14-7-6-13-23(24)27/h4-14,16,18,25,27-30H,15,17H2,1-3H3,(H,34,36)/t25-,27?,28?,29+,30+/m0/s1. The van der Waals surface area contributed by atoms with Gasteiger partial charge in [-0.25, -0.2) is 4.79 Å². The molecule has 1 fully saturated rings. The van der Waals surface area contributed by atoms with Crippen molar-refractivity contribution in [2.45, 2.75) is 45.1 Å². The number of anilines is 1. The molecule has 3 aliphatic carbocycles. The SMILES string of the molecule is Cc1cccc(NC(=O)COC(=O)[C@H](CC(C)C)N2C(=O)[C@@H]3C4c5ccccc5C(c5ccccc54)[C@H]3C2=O)c1. The first-order chi connectivity index (χ1) is 19.3. The van der Waals surface area contributed by atoms with Gasteiger partial charge < -0.3 is 10.1 Å². The maximum absolute atomic E-state index is 14.1. The molecule has 0 radical (unpaired) electrons. The number of hydrogen-bond donors (Lipinski definition) is 1. The smallest absolute Gasteiger partial charge is 0.329 e. The van der Waals surface area contributed by atoms with E-state index in [0.717, 1.165) is 32.7 Å². The van der Waals surface area contributed by atoms with Gasteiger partial charge in [0.2, 0.25) is 11.8 Å². The lowest BCUT2D eigenvalue weighted by Crippen LogP contribution is -2.47. The third kappa shape index (κ3) is 4.21. The zero-order chi connectivity index (χ0) is 28.1. The maximum Gasteiger partial charge on any atom is 0.329 e. The fourth-order valence-corrected chi connectivity index (χ4v) is 6.91. The third-order valence-electron chi connectivity index (χ3n) is 8.41. The molecule has 1 aliphatic heterocycles. The second-order valence-electron chi connectivity index (χ2n) is 11.5. The summed E-state index contributed by atoms with van der Waals surface area (Å²) in [7, 11) is 0. The zero-order valence-corrected chi connectivity index (χ0v) is 22.8. The Labute approximate surface area is 233 Å². The van der Waals surface area contributed by atoms with E-state index in [-0.39, 0.29) is 36.0 Å². The Morgan fingerprint density at radius 3 is 1.82 bits per heavy atom. The second-order valence-corrected chi connectivity index (χ2v) is 11.5. The normalized spacial score (nSPS) is 22.9. The molecule has 2 bridgehead atoms. The van der Waals surface area contributed by atoms with Crippen LogP contribution in [0.2, 0.25) is 0 Å². The quantitative estimate of drug-likeness (QED) is 0.347. The molecular weight excluding hydrogens is 504 g/mol. The van der Waals surface area contributed by atoms with Crippen LogP contribution in [0.3, 0.4) is 0 Å². The Balaban J connectivity index is 1.27. The number of nitrogens with zero attached hydrogens (tertiary/aromatic N) is 1. The van der Waals surface area contributed by atoms with Gasteiger partial charge in [-0.3, -0.25) is 19.3 Å². The Morgan fingerprint density at radius 2 is 1.35 bits per heavy atom. The monoisotopic (exact) mass is 536 g/mol. The largest absolute Gasteiger partial charge is 0.454 e.